The van der Waals surface area contributed by atoms with Crippen molar-refractivity contribution < 1.29 is 0 Å². The second-order valence-corrected chi connectivity index (χ2v) is 5.27. The molecule has 2 rings (SSSR count). The van der Waals surface area contributed by atoms with Crippen molar-refractivity contribution in [2.75, 3.05) is 19.0 Å². The summed E-state index contributed by atoms with van der Waals surface area (Å²) in [5, 5.41) is 1.05. The Kier molecular flexibility index (Phi) is 2.49. The van der Waals surface area contributed by atoms with E-state index < -0.39 is 0 Å². The van der Waals surface area contributed by atoms with Gasteiger partial charge in [-0.25, -0.2) is 4.98 Å². The van der Waals surface area contributed by atoms with E-state index in [-0.39, 0.29) is 5.54 Å². The van der Waals surface area contributed by atoms with E-state index in [1.165, 1.54) is 17.7 Å². The van der Waals surface area contributed by atoms with Gasteiger partial charge >= 0.3 is 0 Å². The van der Waals surface area contributed by atoms with Crippen molar-refractivity contribution in [2.45, 2.75) is 31.2 Å². The summed E-state index contributed by atoms with van der Waals surface area (Å²) in [6.07, 6.45) is 6.69. The molecule has 0 aromatic carbocycles. The summed E-state index contributed by atoms with van der Waals surface area (Å²) in [6.45, 7) is 0. The van der Waals surface area contributed by atoms with Crippen molar-refractivity contribution in [3.05, 3.63) is 11.1 Å². The molecule has 0 atom stereocenters. The SMILES string of the molecule is CN(C)c1ncc(C2(N)CCCC2)s1. The molecule has 0 amide bonds. The van der Waals surface area contributed by atoms with E-state index in [1.54, 1.807) is 11.3 Å². The molecule has 1 fully saturated rings. The molecule has 2 N–H and O–H groups in total. The van der Waals surface area contributed by atoms with Crippen molar-refractivity contribution in [1.82, 2.24) is 4.98 Å². The van der Waals surface area contributed by atoms with E-state index in [9.17, 15) is 0 Å². The second kappa shape index (κ2) is 3.51. The first-order valence-electron chi connectivity index (χ1n) is 5.04. The van der Waals surface area contributed by atoms with Gasteiger partial charge in [0.1, 0.15) is 0 Å². The minimum Gasteiger partial charge on any atom is -0.354 e. The van der Waals surface area contributed by atoms with Crippen LogP contribution in [-0.4, -0.2) is 19.1 Å². The quantitative estimate of drug-likeness (QED) is 0.813. The van der Waals surface area contributed by atoms with Gasteiger partial charge in [0, 0.05) is 25.2 Å². The molecule has 3 nitrogen and oxygen atoms in total. The van der Waals surface area contributed by atoms with Crippen molar-refractivity contribution in [3.8, 4) is 0 Å². The van der Waals surface area contributed by atoms with Crippen LogP contribution in [0.2, 0.25) is 0 Å². The average molecular weight is 211 g/mol. The zero-order chi connectivity index (χ0) is 10.2. The third kappa shape index (κ3) is 1.64. The van der Waals surface area contributed by atoms with Crippen LogP contribution in [0.25, 0.3) is 0 Å². The third-order valence-electron chi connectivity index (χ3n) is 2.86. The Bertz CT molecular complexity index is 313. The fourth-order valence-corrected chi connectivity index (χ4v) is 2.95. The largest absolute Gasteiger partial charge is 0.354 e. The molecule has 1 heterocycles. The summed E-state index contributed by atoms with van der Waals surface area (Å²) in [5.41, 5.74) is 6.27. The highest BCUT2D eigenvalue weighted by atomic mass is 32.1. The van der Waals surface area contributed by atoms with Crippen LogP contribution in [0.15, 0.2) is 6.20 Å². The first kappa shape index (κ1) is 9.93. The van der Waals surface area contributed by atoms with Crippen LogP contribution >= 0.6 is 11.3 Å². The summed E-state index contributed by atoms with van der Waals surface area (Å²) in [7, 11) is 4.03. The van der Waals surface area contributed by atoms with E-state index >= 15 is 0 Å². The van der Waals surface area contributed by atoms with Crippen molar-refractivity contribution in [1.29, 1.82) is 0 Å². The number of hydrogen-bond donors (Lipinski definition) is 1. The number of aromatic nitrogens is 1. The summed E-state index contributed by atoms with van der Waals surface area (Å²) >= 11 is 1.73. The first-order valence-corrected chi connectivity index (χ1v) is 5.86. The van der Waals surface area contributed by atoms with Crippen LogP contribution in [0.4, 0.5) is 5.13 Å². The molecular weight excluding hydrogens is 194 g/mol. The van der Waals surface area contributed by atoms with Gasteiger partial charge in [-0.3, -0.25) is 0 Å². The highest BCUT2D eigenvalue weighted by Gasteiger charge is 2.33. The summed E-state index contributed by atoms with van der Waals surface area (Å²) in [6, 6.07) is 0. The number of rotatable bonds is 2. The van der Waals surface area contributed by atoms with E-state index in [2.05, 4.69) is 4.98 Å². The zero-order valence-electron chi connectivity index (χ0n) is 8.79. The van der Waals surface area contributed by atoms with Crippen LogP contribution in [0.1, 0.15) is 30.6 Å². The molecule has 78 valence electrons. The fourth-order valence-electron chi connectivity index (χ4n) is 1.95. The maximum atomic E-state index is 6.35. The lowest BCUT2D eigenvalue weighted by Crippen LogP contribution is -2.31. The van der Waals surface area contributed by atoms with Crippen LogP contribution in [-0.2, 0) is 5.54 Å². The Morgan fingerprint density at radius 1 is 1.43 bits per heavy atom. The minimum absolute atomic E-state index is 0.0775. The Labute approximate surface area is 88.9 Å². The average Bonchev–Trinajstić information content (AvgIpc) is 2.71. The van der Waals surface area contributed by atoms with Gasteiger partial charge in [-0.15, -0.1) is 11.3 Å². The zero-order valence-corrected chi connectivity index (χ0v) is 9.60. The van der Waals surface area contributed by atoms with Gasteiger partial charge in [0.15, 0.2) is 5.13 Å². The van der Waals surface area contributed by atoms with E-state index in [0.717, 1.165) is 18.0 Å². The molecule has 4 heteroatoms. The fraction of sp³-hybridized carbons (Fsp3) is 0.700. The lowest BCUT2D eigenvalue weighted by Gasteiger charge is -2.20. The van der Waals surface area contributed by atoms with Crippen LogP contribution < -0.4 is 10.6 Å². The molecule has 0 unspecified atom stereocenters. The van der Waals surface area contributed by atoms with Gasteiger partial charge in [-0.05, 0) is 12.8 Å². The second-order valence-electron chi connectivity index (χ2n) is 4.26. The van der Waals surface area contributed by atoms with Crippen LogP contribution in [0.5, 0.6) is 0 Å². The van der Waals surface area contributed by atoms with E-state index in [1.807, 2.05) is 25.2 Å². The summed E-state index contributed by atoms with van der Waals surface area (Å²) in [4.78, 5) is 7.65. The molecule has 1 aromatic rings. The number of nitrogens with zero attached hydrogens (tertiary/aromatic N) is 2. The Morgan fingerprint density at radius 3 is 2.57 bits per heavy atom. The van der Waals surface area contributed by atoms with Gasteiger partial charge < -0.3 is 10.6 Å². The maximum absolute atomic E-state index is 6.35. The summed E-state index contributed by atoms with van der Waals surface area (Å²) < 4.78 is 0. The molecule has 1 aromatic heterocycles. The number of nitrogens with two attached hydrogens (primary N) is 1. The van der Waals surface area contributed by atoms with E-state index in [0.29, 0.717) is 0 Å². The molecular formula is C10H17N3S. The molecule has 1 saturated carbocycles. The normalized spacial score (nSPS) is 19.9. The van der Waals surface area contributed by atoms with Crippen molar-refractivity contribution in [3.63, 3.8) is 0 Å². The van der Waals surface area contributed by atoms with Gasteiger partial charge in [-0.1, -0.05) is 12.8 Å². The molecule has 0 spiro atoms. The minimum atomic E-state index is -0.0775. The first-order chi connectivity index (χ1) is 6.62. The molecule has 0 saturated heterocycles. The monoisotopic (exact) mass is 211 g/mol. The predicted molar refractivity (Wildman–Crippen MR) is 60.8 cm³/mol. The maximum Gasteiger partial charge on any atom is 0.185 e. The van der Waals surface area contributed by atoms with Crippen LogP contribution in [0.3, 0.4) is 0 Å². The Balaban J connectivity index is 2.23. The Hall–Kier alpha value is -0.610. The smallest absolute Gasteiger partial charge is 0.185 e. The van der Waals surface area contributed by atoms with E-state index in [4.69, 9.17) is 5.73 Å². The molecule has 14 heavy (non-hydrogen) atoms. The van der Waals surface area contributed by atoms with Gasteiger partial charge in [-0.2, -0.15) is 0 Å². The molecule has 0 bridgehead atoms. The lowest BCUT2D eigenvalue weighted by atomic mass is 9.98. The lowest BCUT2D eigenvalue weighted by molar-refractivity contribution is 0.471. The Morgan fingerprint density at radius 2 is 2.07 bits per heavy atom. The van der Waals surface area contributed by atoms with Gasteiger partial charge in [0.2, 0.25) is 0 Å². The molecule has 1 aliphatic carbocycles. The number of thiazole rings is 1. The van der Waals surface area contributed by atoms with Gasteiger partial charge in [0.05, 0.1) is 5.54 Å². The highest BCUT2D eigenvalue weighted by Crippen LogP contribution is 2.40. The highest BCUT2D eigenvalue weighted by molar-refractivity contribution is 7.15. The molecule has 1 aliphatic rings. The third-order valence-corrected chi connectivity index (χ3v) is 4.25. The van der Waals surface area contributed by atoms with Gasteiger partial charge in [0.25, 0.3) is 0 Å². The van der Waals surface area contributed by atoms with Crippen molar-refractivity contribution in [2.24, 2.45) is 5.73 Å². The standard InChI is InChI=1S/C10H17N3S/c1-13(2)9-12-7-8(14-9)10(11)5-3-4-6-10/h7H,3-6,11H2,1-2H3. The summed E-state index contributed by atoms with van der Waals surface area (Å²) in [5.74, 6) is 0. The topological polar surface area (TPSA) is 42.2 Å². The molecule has 0 aliphatic heterocycles. The predicted octanol–water partition coefficient (Wildman–Crippen LogP) is 1.94. The van der Waals surface area contributed by atoms with Crippen molar-refractivity contribution >= 4 is 16.5 Å². The molecule has 0 radical (unpaired) electrons. The number of anilines is 1. The number of hydrogen-bond acceptors (Lipinski definition) is 4. The van der Waals surface area contributed by atoms with Crippen LogP contribution in [0, 0.1) is 0 Å².